The number of ether oxygens (including phenoxy) is 1. The van der Waals surface area contributed by atoms with Crippen LogP contribution in [0.3, 0.4) is 0 Å². The fraction of sp³-hybridized carbons (Fsp3) is 0.556. The third-order valence-electron chi connectivity index (χ3n) is 2.21. The van der Waals surface area contributed by atoms with Crippen LogP contribution < -0.4 is 10.5 Å². The SMILES string of the molecule is CC(C)(COc1nccc(N)n1)S(C)(=O)=O. The van der Waals surface area contributed by atoms with Crippen molar-refractivity contribution in [3.63, 3.8) is 0 Å². The summed E-state index contributed by atoms with van der Waals surface area (Å²) in [6.07, 6.45) is 2.61. The fourth-order valence-electron chi connectivity index (χ4n) is 0.769. The van der Waals surface area contributed by atoms with E-state index in [2.05, 4.69) is 9.97 Å². The number of rotatable bonds is 4. The summed E-state index contributed by atoms with van der Waals surface area (Å²) in [7, 11) is -3.19. The number of hydrogen-bond acceptors (Lipinski definition) is 6. The molecule has 0 aliphatic carbocycles. The van der Waals surface area contributed by atoms with Crippen LogP contribution in [0, 0.1) is 0 Å². The van der Waals surface area contributed by atoms with E-state index in [1.807, 2.05) is 0 Å². The molecule has 0 spiro atoms. The van der Waals surface area contributed by atoms with Crippen molar-refractivity contribution >= 4 is 15.7 Å². The summed E-state index contributed by atoms with van der Waals surface area (Å²) in [5, 5.41) is 0. The zero-order chi connectivity index (χ0) is 12.4. The van der Waals surface area contributed by atoms with Crippen molar-refractivity contribution in [3.8, 4) is 6.01 Å². The quantitative estimate of drug-likeness (QED) is 0.817. The smallest absolute Gasteiger partial charge is 0.318 e. The van der Waals surface area contributed by atoms with E-state index in [-0.39, 0.29) is 18.4 Å². The maximum Gasteiger partial charge on any atom is 0.318 e. The van der Waals surface area contributed by atoms with Crippen molar-refractivity contribution in [2.24, 2.45) is 0 Å². The molecule has 90 valence electrons. The Morgan fingerprint density at radius 2 is 2.12 bits per heavy atom. The first-order chi connectivity index (χ1) is 7.22. The monoisotopic (exact) mass is 245 g/mol. The number of nitrogens with zero attached hydrogens (tertiary/aromatic N) is 2. The predicted molar refractivity (Wildman–Crippen MR) is 60.9 cm³/mol. The van der Waals surface area contributed by atoms with Crippen molar-refractivity contribution in [3.05, 3.63) is 12.3 Å². The number of sulfone groups is 1. The molecule has 6 nitrogen and oxygen atoms in total. The molecule has 0 aliphatic heterocycles. The van der Waals surface area contributed by atoms with E-state index >= 15 is 0 Å². The van der Waals surface area contributed by atoms with Crippen LogP contribution in [0.5, 0.6) is 6.01 Å². The number of hydrogen-bond donors (Lipinski definition) is 1. The third kappa shape index (κ3) is 3.06. The van der Waals surface area contributed by atoms with Crippen molar-refractivity contribution in [2.75, 3.05) is 18.6 Å². The lowest BCUT2D eigenvalue weighted by Gasteiger charge is -2.21. The molecular formula is C9H15N3O3S. The van der Waals surface area contributed by atoms with Gasteiger partial charge in [-0.3, -0.25) is 0 Å². The summed E-state index contributed by atoms with van der Waals surface area (Å²) in [4.78, 5) is 7.62. The second-order valence-electron chi connectivity index (χ2n) is 4.08. The molecule has 1 heterocycles. The van der Waals surface area contributed by atoms with Crippen molar-refractivity contribution in [1.82, 2.24) is 9.97 Å². The van der Waals surface area contributed by atoms with Crippen LogP contribution in [-0.4, -0.2) is 36.0 Å². The van der Waals surface area contributed by atoms with Crippen molar-refractivity contribution in [2.45, 2.75) is 18.6 Å². The number of nitrogens with two attached hydrogens (primary N) is 1. The molecular weight excluding hydrogens is 230 g/mol. The van der Waals surface area contributed by atoms with Crippen molar-refractivity contribution < 1.29 is 13.2 Å². The minimum atomic E-state index is -3.19. The molecule has 1 aromatic heterocycles. The third-order valence-corrected chi connectivity index (χ3v) is 4.33. The van der Waals surface area contributed by atoms with Gasteiger partial charge < -0.3 is 10.5 Å². The molecule has 1 aromatic rings. The highest BCUT2D eigenvalue weighted by molar-refractivity contribution is 7.92. The van der Waals surface area contributed by atoms with Crippen LogP contribution in [0.15, 0.2) is 12.3 Å². The average Bonchev–Trinajstić information content (AvgIpc) is 2.13. The first-order valence-electron chi connectivity index (χ1n) is 4.63. The number of anilines is 1. The Hall–Kier alpha value is -1.37. The Kier molecular flexibility index (Phi) is 3.37. The van der Waals surface area contributed by atoms with Gasteiger partial charge in [-0.15, -0.1) is 0 Å². The van der Waals surface area contributed by atoms with Crippen LogP contribution in [-0.2, 0) is 9.84 Å². The van der Waals surface area contributed by atoms with E-state index in [0.29, 0.717) is 0 Å². The van der Waals surface area contributed by atoms with E-state index in [9.17, 15) is 8.42 Å². The summed E-state index contributed by atoms with van der Waals surface area (Å²) in [5.41, 5.74) is 5.43. The number of nitrogen functional groups attached to an aromatic ring is 1. The van der Waals surface area contributed by atoms with E-state index in [1.165, 1.54) is 12.3 Å². The first kappa shape index (κ1) is 12.7. The maximum absolute atomic E-state index is 11.4. The van der Waals surface area contributed by atoms with Crippen LogP contribution in [0.1, 0.15) is 13.8 Å². The summed E-state index contributed by atoms with van der Waals surface area (Å²) >= 11 is 0. The highest BCUT2D eigenvalue weighted by Crippen LogP contribution is 2.16. The van der Waals surface area contributed by atoms with Crippen LogP contribution >= 0.6 is 0 Å². The van der Waals surface area contributed by atoms with Gasteiger partial charge in [0.25, 0.3) is 0 Å². The van der Waals surface area contributed by atoms with Gasteiger partial charge in [0, 0.05) is 12.5 Å². The van der Waals surface area contributed by atoms with Gasteiger partial charge in [0.1, 0.15) is 17.2 Å². The van der Waals surface area contributed by atoms with Gasteiger partial charge in [0.15, 0.2) is 9.84 Å². The van der Waals surface area contributed by atoms with E-state index in [1.54, 1.807) is 13.8 Å². The van der Waals surface area contributed by atoms with Gasteiger partial charge in [-0.1, -0.05) is 0 Å². The van der Waals surface area contributed by atoms with E-state index < -0.39 is 14.6 Å². The van der Waals surface area contributed by atoms with Crippen molar-refractivity contribution in [1.29, 1.82) is 0 Å². The van der Waals surface area contributed by atoms with Gasteiger partial charge in [0.2, 0.25) is 0 Å². The van der Waals surface area contributed by atoms with Gasteiger partial charge in [-0.05, 0) is 19.9 Å². The lowest BCUT2D eigenvalue weighted by molar-refractivity contribution is 0.260. The summed E-state index contributed by atoms with van der Waals surface area (Å²) < 4.78 is 27.0. The highest BCUT2D eigenvalue weighted by atomic mass is 32.2. The lowest BCUT2D eigenvalue weighted by atomic mass is 10.2. The highest BCUT2D eigenvalue weighted by Gasteiger charge is 2.31. The normalized spacial score (nSPS) is 12.4. The molecule has 0 saturated carbocycles. The Labute approximate surface area is 94.8 Å². The molecule has 16 heavy (non-hydrogen) atoms. The van der Waals surface area contributed by atoms with Crippen LogP contribution in [0.25, 0.3) is 0 Å². The molecule has 0 radical (unpaired) electrons. The molecule has 0 fully saturated rings. The molecule has 0 amide bonds. The molecule has 0 aliphatic rings. The molecule has 1 rings (SSSR count). The molecule has 0 bridgehead atoms. The van der Waals surface area contributed by atoms with Crippen LogP contribution in [0.2, 0.25) is 0 Å². The lowest BCUT2D eigenvalue weighted by Crippen LogP contribution is -2.37. The van der Waals surface area contributed by atoms with Gasteiger partial charge >= 0.3 is 6.01 Å². The first-order valence-corrected chi connectivity index (χ1v) is 6.52. The fourth-order valence-corrected chi connectivity index (χ4v) is 1.04. The second-order valence-corrected chi connectivity index (χ2v) is 6.73. The zero-order valence-electron chi connectivity index (χ0n) is 9.47. The van der Waals surface area contributed by atoms with E-state index in [0.717, 1.165) is 6.26 Å². The Morgan fingerprint density at radius 3 is 2.62 bits per heavy atom. The topological polar surface area (TPSA) is 95.2 Å². The number of aromatic nitrogens is 2. The molecule has 0 saturated heterocycles. The van der Waals surface area contributed by atoms with E-state index in [4.69, 9.17) is 10.5 Å². The maximum atomic E-state index is 11.4. The van der Waals surface area contributed by atoms with Crippen LogP contribution in [0.4, 0.5) is 5.82 Å². The van der Waals surface area contributed by atoms with Gasteiger partial charge in [-0.2, -0.15) is 4.98 Å². The zero-order valence-corrected chi connectivity index (χ0v) is 10.3. The Morgan fingerprint density at radius 1 is 1.50 bits per heavy atom. The minimum absolute atomic E-state index is 0.0186. The van der Waals surface area contributed by atoms with Gasteiger partial charge in [0.05, 0.1) is 0 Å². The molecule has 0 unspecified atom stereocenters. The molecule has 7 heteroatoms. The summed E-state index contributed by atoms with van der Waals surface area (Å²) in [5.74, 6) is 0.280. The van der Waals surface area contributed by atoms with Gasteiger partial charge in [-0.25, -0.2) is 13.4 Å². The predicted octanol–water partition coefficient (Wildman–Crippen LogP) is 0.261. The Balaban J connectivity index is 2.72. The minimum Gasteiger partial charge on any atom is -0.462 e. The Bertz CT molecular complexity index is 471. The second kappa shape index (κ2) is 4.25. The summed E-state index contributed by atoms with van der Waals surface area (Å²) in [6, 6.07) is 1.60. The molecule has 0 atom stereocenters. The molecule has 0 aromatic carbocycles. The summed E-state index contributed by atoms with van der Waals surface area (Å²) in [6.45, 7) is 3.14. The molecule has 2 N–H and O–H groups in total. The average molecular weight is 245 g/mol. The largest absolute Gasteiger partial charge is 0.462 e. The standard InChI is InChI=1S/C9H15N3O3S/c1-9(2,16(3,13)14)6-15-8-11-5-4-7(10)12-8/h4-5H,6H2,1-3H3,(H2,10,11,12).